The molecule has 0 aliphatic carbocycles. The number of carbonyl (C=O) groups is 1. The zero-order valence-corrected chi connectivity index (χ0v) is 15.6. The van der Waals surface area contributed by atoms with Gasteiger partial charge in [0.15, 0.2) is 0 Å². The van der Waals surface area contributed by atoms with E-state index in [1.807, 2.05) is 23.6 Å². The van der Waals surface area contributed by atoms with Crippen LogP contribution in [0.3, 0.4) is 0 Å². The summed E-state index contributed by atoms with van der Waals surface area (Å²) in [5, 5.41) is 9.27. The zero-order chi connectivity index (χ0) is 19.6. The van der Waals surface area contributed by atoms with Crippen LogP contribution in [-0.2, 0) is 6.54 Å². The van der Waals surface area contributed by atoms with Crippen LogP contribution in [-0.4, -0.2) is 51.2 Å². The van der Waals surface area contributed by atoms with Crippen LogP contribution in [0.4, 0.5) is 4.39 Å². The number of imidazole rings is 1. The van der Waals surface area contributed by atoms with Gasteiger partial charge in [-0.3, -0.25) is 4.98 Å². The van der Waals surface area contributed by atoms with Crippen molar-refractivity contribution in [3.63, 3.8) is 0 Å². The fourth-order valence-corrected chi connectivity index (χ4v) is 2.80. The lowest BCUT2D eigenvalue weighted by atomic mass is 10.1. The van der Waals surface area contributed by atoms with E-state index < -0.39 is 11.8 Å². The maximum absolute atomic E-state index is 14.1. The maximum Gasteiger partial charge on any atom is 0.335 e. The van der Waals surface area contributed by atoms with Crippen LogP contribution < -0.4 is 0 Å². The standard InChI is InChI=1S/C19H18ClFN4O2/c1-24(2)7-8-25-11-23-17(16-10-13(19(26)27)5-6-22-16)18(25)12-3-4-14(20)15(21)9-12/h3-6,9-11H,7-8H2,1-2H3,(H,26,27). The number of carboxylic acid groups (broad SMARTS) is 1. The number of halogens is 2. The van der Waals surface area contributed by atoms with Crippen LogP contribution in [0.5, 0.6) is 0 Å². The highest BCUT2D eigenvalue weighted by Crippen LogP contribution is 2.32. The van der Waals surface area contributed by atoms with E-state index in [1.165, 1.54) is 30.5 Å². The topological polar surface area (TPSA) is 71.2 Å². The molecule has 8 heteroatoms. The van der Waals surface area contributed by atoms with Crippen LogP contribution in [0.2, 0.25) is 5.02 Å². The fraction of sp³-hybridized carbons (Fsp3) is 0.211. The largest absolute Gasteiger partial charge is 0.478 e. The third-order valence-corrected chi connectivity index (χ3v) is 4.37. The number of hydrogen-bond acceptors (Lipinski definition) is 4. The van der Waals surface area contributed by atoms with E-state index in [1.54, 1.807) is 12.4 Å². The average Bonchev–Trinajstić information content (AvgIpc) is 3.06. The van der Waals surface area contributed by atoms with Gasteiger partial charge >= 0.3 is 5.97 Å². The van der Waals surface area contributed by atoms with Crippen molar-refractivity contribution >= 4 is 17.6 Å². The van der Waals surface area contributed by atoms with Crippen molar-refractivity contribution in [2.45, 2.75) is 6.54 Å². The van der Waals surface area contributed by atoms with E-state index in [-0.39, 0.29) is 10.6 Å². The van der Waals surface area contributed by atoms with Gasteiger partial charge in [-0.05, 0) is 38.4 Å². The van der Waals surface area contributed by atoms with E-state index >= 15 is 0 Å². The SMILES string of the molecule is CN(C)CCn1cnc(-c2cc(C(=O)O)ccn2)c1-c1ccc(Cl)c(F)c1. The Bertz CT molecular complexity index is 988. The lowest BCUT2D eigenvalue weighted by Gasteiger charge is -2.14. The van der Waals surface area contributed by atoms with Crippen molar-refractivity contribution in [1.82, 2.24) is 19.4 Å². The molecule has 3 rings (SSSR count). The summed E-state index contributed by atoms with van der Waals surface area (Å²) in [4.78, 5) is 22.0. The number of pyridine rings is 1. The van der Waals surface area contributed by atoms with E-state index in [0.717, 1.165) is 6.54 Å². The predicted octanol–water partition coefficient (Wildman–Crippen LogP) is 3.66. The van der Waals surface area contributed by atoms with Gasteiger partial charge in [0, 0.05) is 24.8 Å². The molecule has 1 aromatic carbocycles. The van der Waals surface area contributed by atoms with E-state index in [4.69, 9.17) is 11.6 Å². The van der Waals surface area contributed by atoms with Crippen molar-refractivity contribution in [3.8, 4) is 22.6 Å². The molecule has 0 bridgehead atoms. The molecular weight excluding hydrogens is 371 g/mol. The quantitative estimate of drug-likeness (QED) is 0.697. The summed E-state index contributed by atoms with van der Waals surface area (Å²) >= 11 is 5.82. The van der Waals surface area contributed by atoms with Crippen molar-refractivity contribution in [2.24, 2.45) is 0 Å². The first kappa shape index (κ1) is 19.0. The lowest BCUT2D eigenvalue weighted by Crippen LogP contribution is -2.18. The Morgan fingerprint density at radius 2 is 2.04 bits per heavy atom. The molecule has 0 aliphatic rings. The molecule has 1 N–H and O–H groups in total. The summed E-state index contributed by atoms with van der Waals surface area (Å²) in [7, 11) is 3.91. The number of hydrogen-bond donors (Lipinski definition) is 1. The number of nitrogens with zero attached hydrogens (tertiary/aromatic N) is 4. The molecular formula is C19H18ClFN4O2. The van der Waals surface area contributed by atoms with Gasteiger partial charge in [-0.15, -0.1) is 0 Å². The summed E-state index contributed by atoms with van der Waals surface area (Å²) < 4.78 is 16.0. The predicted molar refractivity (Wildman–Crippen MR) is 101 cm³/mol. The van der Waals surface area contributed by atoms with Crippen LogP contribution in [0.15, 0.2) is 42.9 Å². The molecule has 2 heterocycles. The summed E-state index contributed by atoms with van der Waals surface area (Å²) in [5.41, 5.74) is 2.24. The Hall–Kier alpha value is -2.77. The van der Waals surface area contributed by atoms with Gasteiger partial charge in [-0.1, -0.05) is 17.7 Å². The Labute approximate surface area is 160 Å². The molecule has 0 atom stereocenters. The molecule has 0 saturated carbocycles. The highest BCUT2D eigenvalue weighted by atomic mass is 35.5. The van der Waals surface area contributed by atoms with Crippen molar-refractivity contribution in [3.05, 3.63) is 59.3 Å². The van der Waals surface area contributed by atoms with E-state index in [9.17, 15) is 14.3 Å². The van der Waals surface area contributed by atoms with Gasteiger partial charge in [0.25, 0.3) is 0 Å². The van der Waals surface area contributed by atoms with Crippen LogP contribution in [0, 0.1) is 5.82 Å². The fourth-order valence-electron chi connectivity index (χ4n) is 2.69. The summed E-state index contributed by atoms with van der Waals surface area (Å²) in [6.45, 7) is 1.37. The minimum atomic E-state index is -1.05. The minimum absolute atomic E-state index is 0.0330. The number of likely N-dealkylation sites (N-methyl/N-ethyl adjacent to an activating group) is 1. The van der Waals surface area contributed by atoms with E-state index in [2.05, 4.69) is 9.97 Å². The average molecular weight is 389 g/mol. The molecule has 0 saturated heterocycles. The van der Waals surface area contributed by atoms with Gasteiger partial charge in [0.2, 0.25) is 0 Å². The van der Waals surface area contributed by atoms with Gasteiger partial charge in [-0.2, -0.15) is 0 Å². The van der Waals surface area contributed by atoms with Crippen molar-refractivity contribution in [2.75, 3.05) is 20.6 Å². The summed E-state index contributed by atoms with van der Waals surface area (Å²) in [6, 6.07) is 7.41. The number of carboxylic acids is 1. The van der Waals surface area contributed by atoms with Gasteiger partial charge in [-0.25, -0.2) is 14.2 Å². The molecule has 3 aromatic rings. The third-order valence-electron chi connectivity index (χ3n) is 4.07. The second kappa shape index (κ2) is 7.85. The molecule has 0 unspecified atom stereocenters. The molecule has 0 amide bonds. The summed E-state index contributed by atoms with van der Waals surface area (Å²) in [6.07, 6.45) is 3.07. The van der Waals surface area contributed by atoms with E-state index in [0.29, 0.717) is 29.2 Å². The minimum Gasteiger partial charge on any atom is -0.478 e. The smallest absolute Gasteiger partial charge is 0.335 e. The highest BCUT2D eigenvalue weighted by Gasteiger charge is 2.18. The number of rotatable bonds is 6. The Balaban J connectivity index is 2.15. The zero-order valence-electron chi connectivity index (χ0n) is 14.9. The van der Waals surface area contributed by atoms with Crippen molar-refractivity contribution < 1.29 is 14.3 Å². The monoisotopic (exact) mass is 388 g/mol. The molecule has 6 nitrogen and oxygen atoms in total. The first-order valence-corrected chi connectivity index (χ1v) is 8.59. The van der Waals surface area contributed by atoms with Crippen LogP contribution in [0.25, 0.3) is 22.6 Å². The van der Waals surface area contributed by atoms with Crippen LogP contribution in [0.1, 0.15) is 10.4 Å². The second-order valence-electron chi connectivity index (χ2n) is 6.30. The molecule has 0 radical (unpaired) electrons. The Morgan fingerprint density at radius 1 is 1.26 bits per heavy atom. The molecule has 140 valence electrons. The molecule has 27 heavy (non-hydrogen) atoms. The van der Waals surface area contributed by atoms with Gasteiger partial charge < -0.3 is 14.6 Å². The van der Waals surface area contributed by atoms with Gasteiger partial charge in [0.05, 0.1) is 28.3 Å². The maximum atomic E-state index is 14.1. The Kier molecular flexibility index (Phi) is 5.53. The Morgan fingerprint density at radius 3 is 2.70 bits per heavy atom. The number of aromatic nitrogens is 3. The first-order chi connectivity index (χ1) is 12.9. The molecule has 0 aliphatic heterocycles. The van der Waals surface area contributed by atoms with Crippen molar-refractivity contribution in [1.29, 1.82) is 0 Å². The van der Waals surface area contributed by atoms with Gasteiger partial charge in [0.1, 0.15) is 11.5 Å². The summed E-state index contributed by atoms with van der Waals surface area (Å²) in [5.74, 6) is -1.59. The normalized spacial score (nSPS) is 11.1. The molecule has 0 fully saturated rings. The number of benzene rings is 1. The molecule has 0 spiro atoms. The highest BCUT2D eigenvalue weighted by molar-refractivity contribution is 6.30. The third kappa shape index (κ3) is 4.15. The number of aromatic carboxylic acids is 1. The first-order valence-electron chi connectivity index (χ1n) is 8.22. The molecule has 2 aromatic heterocycles. The van der Waals surface area contributed by atoms with Crippen LogP contribution >= 0.6 is 11.6 Å². The lowest BCUT2D eigenvalue weighted by molar-refractivity contribution is 0.0697. The second-order valence-corrected chi connectivity index (χ2v) is 6.71.